The quantitative estimate of drug-likeness (QED) is 0.872. The number of ether oxygens (including phenoxy) is 2. The van der Waals surface area contributed by atoms with E-state index in [0.717, 1.165) is 11.3 Å². The number of amides is 1. The number of hydrogen-bond donors (Lipinski definition) is 2. The summed E-state index contributed by atoms with van der Waals surface area (Å²) in [5.41, 5.74) is 0.118. The van der Waals surface area contributed by atoms with Crippen LogP contribution in [0, 0.1) is 0 Å². The van der Waals surface area contributed by atoms with Crippen LogP contribution in [-0.4, -0.2) is 42.9 Å². The third kappa shape index (κ3) is 3.31. The first-order chi connectivity index (χ1) is 9.11. The van der Waals surface area contributed by atoms with Gasteiger partial charge in [-0.1, -0.05) is 6.92 Å². The second-order valence-corrected chi connectivity index (χ2v) is 5.17. The molecule has 0 aliphatic carbocycles. The van der Waals surface area contributed by atoms with Crippen LogP contribution in [0.2, 0.25) is 0 Å². The molecular weight excluding hydrogens is 270 g/mol. The fourth-order valence-corrected chi connectivity index (χ4v) is 2.69. The van der Waals surface area contributed by atoms with Gasteiger partial charge in [0.15, 0.2) is 6.10 Å². The molecule has 2 N–H and O–H groups in total. The molecule has 1 saturated heterocycles. The van der Waals surface area contributed by atoms with Crippen molar-refractivity contribution in [3.63, 3.8) is 0 Å². The first kappa shape index (κ1) is 14.0. The van der Waals surface area contributed by atoms with Crippen molar-refractivity contribution in [3.8, 4) is 0 Å². The second kappa shape index (κ2) is 6.14. The van der Waals surface area contributed by atoms with E-state index >= 15 is 0 Å². The maximum atomic E-state index is 11.9. The second-order valence-electron chi connectivity index (χ2n) is 4.04. The van der Waals surface area contributed by atoms with Crippen molar-refractivity contribution in [2.45, 2.75) is 19.4 Å². The summed E-state index contributed by atoms with van der Waals surface area (Å²) >= 11 is 1.27. The smallest absolute Gasteiger partial charge is 0.338 e. The number of thiophene rings is 1. The molecular formula is C12H15NO5S. The van der Waals surface area contributed by atoms with Crippen LogP contribution in [0.4, 0.5) is 5.00 Å². The van der Waals surface area contributed by atoms with E-state index in [1.807, 2.05) is 6.92 Å². The van der Waals surface area contributed by atoms with Gasteiger partial charge in [-0.15, -0.1) is 11.3 Å². The van der Waals surface area contributed by atoms with E-state index in [2.05, 4.69) is 5.32 Å². The summed E-state index contributed by atoms with van der Waals surface area (Å²) in [5, 5.41) is 12.1. The Kier molecular flexibility index (Phi) is 4.52. The molecule has 1 aliphatic rings. The first-order valence-corrected chi connectivity index (χ1v) is 6.79. The van der Waals surface area contributed by atoms with Crippen LogP contribution in [0.1, 0.15) is 22.2 Å². The Labute approximate surface area is 114 Å². The van der Waals surface area contributed by atoms with E-state index in [1.165, 1.54) is 11.3 Å². The summed E-state index contributed by atoms with van der Waals surface area (Å²) in [6.45, 7) is 2.97. The zero-order valence-corrected chi connectivity index (χ0v) is 11.3. The van der Waals surface area contributed by atoms with Gasteiger partial charge in [-0.05, 0) is 12.5 Å². The lowest BCUT2D eigenvalue weighted by molar-refractivity contribution is -0.142. The molecule has 0 spiro atoms. The van der Waals surface area contributed by atoms with Gasteiger partial charge in [0.1, 0.15) is 5.00 Å². The summed E-state index contributed by atoms with van der Waals surface area (Å²) < 4.78 is 10.4. The van der Waals surface area contributed by atoms with Gasteiger partial charge < -0.3 is 19.9 Å². The monoisotopic (exact) mass is 285 g/mol. The van der Waals surface area contributed by atoms with Crippen molar-refractivity contribution in [1.29, 1.82) is 0 Å². The highest BCUT2D eigenvalue weighted by molar-refractivity contribution is 7.16. The maximum Gasteiger partial charge on any atom is 0.338 e. The number of carbonyl (C=O) groups is 2. The molecule has 1 atom stereocenters. The predicted octanol–water partition coefficient (Wildman–Crippen LogP) is 1.36. The number of hydrogen-bond acceptors (Lipinski definition) is 5. The molecule has 0 aromatic carbocycles. The predicted molar refractivity (Wildman–Crippen MR) is 69.8 cm³/mol. The minimum Gasteiger partial charge on any atom is -0.478 e. The number of carbonyl (C=O) groups excluding carboxylic acids is 1. The van der Waals surface area contributed by atoms with Crippen LogP contribution in [0.3, 0.4) is 0 Å². The van der Waals surface area contributed by atoms with Gasteiger partial charge in [-0.2, -0.15) is 0 Å². The topological polar surface area (TPSA) is 84.9 Å². The summed E-state index contributed by atoms with van der Waals surface area (Å²) in [4.78, 5) is 24.0. The molecule has 1 aromatic rings. The highest BCUT2D eigenvalue weighted by Crippen LogP contribution is 2.29. The Morgan fingerprint density at radius 3 is 2.89 bits per heavy atom. The summed E-state index contributed by atoms with van der Waals surface area (Å²) in [5.74, 6) is -1.42. The molecule has 0 radical (unpaired) electrons. The third-order valence-corrected chi connectivity index (χ3v) is 3.90. The van der Waals surface area contributed by atoms with Crippen LogP contribution >= 0.6 is 11.3 Å². The normalized spacial score (nSPS) is 19.1. The molecule has 1 amide bonds. The summed E-state index contributed by atoms with van der Waals surface area (Å²) in [7, 11) is 0. The van der Waals surface area contributed by atoms with Gasteiger partial charge >= 0.3 is 5.97 Å². The lowest BCUT2D eigenvalue weighted by atomic mass is 10.2. The van der Waals surface area contributed by atoms with Crippen LogP contribution < -0.4 is 5.32 Å². The van der Waals surface area contributed by atoms with Gasteiger partial charge in [0.05, 0.1) is 25.4 Å². The average molecular weight is 285 g/mol. The Bertz CT molecular complexity index is 478. The highest BCUT2D eigenvalue weighted by atomic mass is 32.1. The van der Waals surface area contributed by atoms with E-state index in [9.17, 15) is 9.59 Å². The zero-order chi connectivity index (χ0) is 13.8. The average Bonchev–Trinajstić information content (AvgIpc) is 2.83. The van der Waals surface area contributed by atoms with Gasteiger partial charge in [-0.25, -0.2) is 4.79 Å². The zero-order valence-electron chi connectivity index (χ0n) is 10.5. The Hall–Kier alpha value is -1.44. The number of carboxylic acid groups (broad SMARTS) is 1. The third-order valence-electron chi connectivity index (χ3n) is 2.71. The number of rotatable bonds is 4. The number of nitrogens with one attached hydrogen (secondary N) is 1. The lowest BCUT2D eigenvalue weighted by Gasteiger charge is -2.21. The molecule has 19 heavy (non-hydrogen) atoms. The van der Waals surface area contributed by atoms with Crippen LogP contribution in [0.15, 0.2) is 6.07 Å². The van der Waals surface area contributed by atoms with E-state index in [0.29, 0.717) is 18.2 Å². The fourth-order valence-electron chi connectivity index (χ4n) is 1.70. The molecule has 104 valence electrons. The Morgan fingerprint density at radius 2 is 2.32 bits per heavy atom. The maximum absolute atomic E-state index is 11.9. The molecule has 1 aliphatic heterocycles. The molecule has 7 heteroatoms. The Balaban J connectivity index is 2.10. The molecule has 6 nitrogen and oxygen atoms in total. The van der Waals surface area contributed by atoms with Crippen molar-refractivity contribution in [3.05, 3.63) is 16.5 Å². The number of aryl methyl sites for hydroxylation is 1. The van der Waals surface area contributed by atoms with E-state index in [-0.39, 0.29) is 18.1 Å². The van der Waals surface area contributed by atoms with E-state index in [1.54, 1.807) is 6.07 Å². The number of aromatic carboxylic acids is 1. The van der Waals surface area contributed by atoms with E-state index in [4.69, 9.17) is 14.6 Å². The van der Waals surface area contributed by atoms with Crippen molar-refractivity contribution in [2.24, 2.45) is 0 Å². The van der Waals surface area contributed by atoms with Crippen molar-refractivity contribution >= 4 is 28.2 Å². The van der Waals surface area contributed by atoms with Gasteiger partial charge in [-0.3, -0.25) is 4.79 Å². The summed E-state index contributed by atoms with van der Waals surface area (Å²) in [6, 6.07) is 1.58. The molecule has 0 bridgehead atoms. The largest absolute Gasteiger partial charge is 0.478 e. The van der Waals surface area contributed by atoms with Crippen LogP contribution in [0.25, 0.3) is 0 Å². The van der Waals surface area contributed by atoms with Crippen molar-refractivity contribution in [1.82, 2.24) is 0 Å². The molecule has 2 rings (SSSR count). The highest BCUT2D eigenvalue weighted by Gasteiger charge is 2.25. The molecule has 0 saturated carbocycles. The van der Waals surface area contributed by atoms with Crippen LogP contribution in [-0.2, 0) is 20.7 Å². The number of anilines is 1. The molecule has 1 fully saturated rings. The fraction of sp³-hybridized carbons (Fsp3) is 0.500. The SMILES string of the molecule is CCc1cc(C(=O)O)c(NC(=O)C2COCCO2)s1. The summed E-state index contributed by atoms with van der Waals surface area (Å²) in [6.07, 6.45) is 0.0479. The number of carboxylic acids is 1. The molecule has 1 aromatic heterocycles. The minimum atomic E-state index is -1.05. The molecule has 2 heterocycles. The Morgan fingerprint density at radius 1 is 1.53 bits per heavy atom. The van der Waals surface area contributed by atoms with Crippen LogP contribution in [0.5, 0.6) is 0 Å². The van der Waals surface area contributed by atoms with Crippen molar-refractivity contribution in [2.75, 3.05) is 25.1 Å². The van der Waals surface area contributed by atoms with Crippen molar-refractivity contribution < 1.29 is 24.2 Å². The van der Waals surface area contributed by atoms with Gasteiger partial charge in [0.2, 0.25) is 0 Å². The van der Waals surface area contributed by atoms with Gasteiger partial charge in [0.25, 0.3) is 5.91 Å². The van der Waals surface area contributed by atoms with Gasteiger partial charge in [0, 0.05) is 4.88 Å². The first-order valence-electron chi connectivity index (χ1n) is 5.98. The minimum absolute atomic E-state index is 0.118. The van der Waals surface area contributed by atoms with E-state index < -0.39 is 12.1 Å². The molecule has 1 unspecified atom stereocenters. The lowest BCUT2D eigenvalue weighted by Crippen LogP contribution is -2.39. The standard InChI is InChI=1S/C12H15NO5S/c1-2-7-5-8(12(15)16)11(19-7)13-10(14)9-6-17-3-4-18-9/h5,9H,2-4,6H2,1H3,(H,13,14)(H,15,16).